The van der Waals surface area contributed by atoms with Gasteiger partial charge in [-0.3, -0.25) is 4.79 Å². The second-order valence-electron chi connectivity index (χ2n) is 6.52. The standard InChI is InChI=1S/C18H26N2O2/c19-13-16-6-7-17(22-16)18(21)20-10-8-15(9-11-20)12-14-4-2-1-3-5-14/h1-5,15-17H,6-13,19H2/t16-,17+/m1/s1. The van der Waals surface area contributed by atoms with Crippen molar-refractivity contribution in [2.24, 2.45) is 11.7 Å². The van der Waals surface area contributed by atoms with Gasteiger partial charge in [0.05, 0.1) is 6.10 Å². The zero-order chi connectivity index (χ0) is 15.4. The van der Waals surface area contributed by atoms with Crippen LogP contribution < -0.4 is 5.73 Å². The number of carbonyl (C=O) groups excluding carboxylic acids is 1. The molecule has 0 aliphatic carbocycles. The predicted molar refractivity (Wildman–Crippen MR) is 86.4 cm³/mol. The Morgan fingerprint density at radius 2 is 1.86 bits per heavy atom. The van der Waals surface area contributed by atoms with Gasteiger partial charge in [-0.2, -0.15) is 0 Å². The van der Waals surface area contributed by atoms with E-state index in [2.05, 4.69) is 30.3 Å². The maximum atomic E-state index is 12.5. The largest absolute Gasteiger partial charge is 0.364 e. The summed E-state index contributed by atoms with van der Waals surface area (Å²) in [6.45, 7) is 2.25. The first kappa shape index (κ1) is 15.5. The number of hydrogen-bond acceptors (Lipinski definition) is 3. The molecule has 2 fully saturated rings. The van der Waals surface area contributed by atoms with Crippen LogP contribution in [0, 0.1) is 5.92 Å². The molecule has 1 aromatic rings. The van der Waals surface area contributed by atoms with Crippen molar-refractivity contribution in [3.05, 3.63) is 35.9 Å². The van der Waals surface area contributed by atoms with Gasteiger partial charge in [0.15, 0.2) is 0 Å². The molecule has 4 nitrogen and oxygen atoms in total. The molecule has 1 amide bonds. The Labute approximate surface area is 132 Å². The normalized spacial score (nSPS) is 26.3. The molecule has 0 radical (unpaired) electrons. The number of nitrogens with zero attached hydrogens (tertiary/aromatic N) is 1. The Kier molecular flexibility index (Phi) is 5.11. The van der Waals surface area contributed by atoms with Crippen LogP contribution in [0.5, 0.6) is 0 Å². The highest BCUT2D eigenvalue weighted by atomic mass is 16.5. The third-order valence-corrected chi connectivity index (χ3v) is 4.94. The molecule has 2 heterocycles. The lowest BCUT2D eigenvalue weighted by Crippen LogP contribution is -2.44. The van der Waals surface area contributed by atoms with Crippen molar-refractivity contribution in [1.29, 1.82) is 0 Å². The lowest BCUT2D eigenvalue weighted by atomic mass is 9.90. The zero-order valence-electron chi connectivity index (χ0n) is 13.1. The third kappa shape index (κ3) is 3.68. The van der Waals surface area contributed by atoms with Crippen LogP contribution in [0.3, 0.4) is 0 Å². The molecule has 2 aliphatic rings. The summed E-state index contributed by atoms with van der Waals surface area (Å²) in [5.41, 5.74) is 7.02. The van der Waals surface area contributed by atoms with Gasteiger partial charge in [-0.05, 0) is 43.6 Å². The number of hydrogen-bond donors (Lipinski definition) is 1. The van der Waals surface area contributed by atoms with Gasteiger partial charge in [-0.1, -0.05) is 30.3 Å². The Morgan fingerprint density at radius 3 is 2.50 bits per heavy atom. The van der Waals surface area contributed by atoms with Gasteiger partial charge in [0.2, 0.25) is 0 Å². The van der Waals surface area contributed by atoms with Crippen LogP contribution in [-0.2, 0) is 16.0 Å². The minimum absolute atomic E-state index is 0.0737. The van der Waals surface area contributed by atoms with Gasteiger partial charge < -0.3 is 15.4 Å². The summed E-state index contributed by atoms with van der Waals surface area (Å²) in [6, 6.07) is 10.6. The van der Waals surface area contributed by atoms with Crippen LogP contribution in [0.4, 0.5) is 0 Å². The number of amides is 1. The second kappa shape index (κ2) is 7.25. The van der Waals surface area contributed by atoms with Crippen LogP contribution in [-0.4, -0.2) is 42.6 Å². The van der Waals surface area contributed by atoms with Crippen molar-refractivity contribution >= 4 is 5.91 Å². The fourth-order valence-corrected chi connectivity index (χ4v) is 3.57. The van der Waals surface area contributed by atoms with Crippen molar-refractivity contribution in [1.82, 2.24) is 4.90 Å². The van der Waals surface area contributed by atoms with Gasteiger partial charge in [0.1, 0.15) is 6.10 Å². The van der Waals surface area contributed by atoms with E-state index in [4.69, 9.17) is 10.5 Å². The SMILES string of the molecule is NC[C@H]1CC[C@@H](C(=O)N2CCC(Cc3ccccc3)CC2)O1. The number of piperidine rings is 1. The predicted octanol–water partition coefficient (Wildman–Crippen LogP) is 1.97. The average Bonchev–Trinajstić information content (AvgIpc) is 3.05. The van der Waals surface area contributed by atoms with E-state index in [9.17, 15) is 4.79 Å². The van der Waals surface area contributed by atoms with E-state index in [1.165, 1.54) is 5.56 Å². The van der Waals surface area contributed by atoms with Crippen molar-refractivity contribution in [3.8, 4) is 0 Å². The van der Waals surface area contributed by atoms with Gasteiger partial charge in [0.25, 0.3) is 5.91 Å². The van der Waals surface area contributed by atoms with Crippen LogP contribution >= 0.6 is 0 Å². The smallest absolute Gasteiger partial charge is 0.251 e. The third-order valence-electron chi connectivity index (χ3n) is 4.94. The summed E-state index contributed by atoms with van der Waals surface area (Å²) in [5, 5.41) is 0. The summed E-state index contributed by atoms with van der Waals surface area (Å²) in [7, 11) is 0. The first-order chi connectivity index (χ1) is 10.8. The van der Waals surface area contributed by atoms with Crippen LogP contribution in [0.1, 0.15) is 31.2 Å². The molecule has 2 aliphatic heterocycles. The Balaban J connectivity index is 1.46. The van der Waals surface area contributed by atoms with Crippen molar-refractivity contribution in [3.63, 3.8) is 0 Å². The Morgan fingerprint density at radius 1 is 1.14 bits per heavy atom. The molecular formula is C18H26N2O2. The molecule has 2 saturated heterocycles. The van der Waals surface area contributed by atoms with Crippen LogP contribution in [0.25, 0.3) is 0 Å². The van der Waals surface area contributed by atoms with Gasteiger partial charge >= 0.3 is 0 Å². The van der Waals surface area contributed by atoms with Crippen molar-refractivity contribution < 1.29 is 9.53 Å². The van der Waals surface area contributed by atoms with E-state index in [0.717, 1.165) is 45.2 Å². The van der Waals surface area contributed by atoms with Crippen LogP contribution in [0.2, 0.25) is 0 Å². The molecule has 2 atom stereocenters. The minimum atomic E-state index is -0.251. The number of nitrogens with two attached hydrogens (primary N) is 1. The van der Waals surface area contributed by atoms with Crippen molar-refractivity contribution in [2.45, 2.75) is 44.3 Å². The molecule has 22 heavy (non-hydrogen) atoms. The monoisotopic (exact) mass is 302 g/mol. The first-order valence-corrected chi connectivity index (χ1v) is 8.44. The maximum absolute atomic E-state index is 12.5. The topological polar surface area (TPSA) is 55.6 Å². The maximum Gasteiger partial charge on any atom is 0.251 e. The average molecular weight is 302 g/mol. The number of ether oxygens (including phenoxy) is 1. The first-order valence-electron chi connectivity index (χ1n) is 8.44. The number of benzene rings is 1. The lowest BCUT2D eigenvalue weighted by molar-refractivity contribution is -0.144. The highest BCUT2D eigenvalue weighted by molar-refractivity contribution is 5.81. The summed E-state index contributed by atoms with van der Waals surface area (Å²) >= 11 is 0. The highest BCUT2D eigenvalue weighted by Crippen LogP contribution is 2.25. The molecule has 4 heteroatoms. The number of rotatable bonds is 4. The summed E-state index contributed by atoms with van der Waals surface area (Å²) in [4.78, 5) is 14.5. The van der Waals surface area contributed by atoms with Crippen molar-refractivity contribution in [2.75, 3.05) is 19.6 Å². The molecule has 1 aromatic carbocycles. The molecular weight excluding hydrogens is 276 g/mol. The summed E-state index contributed by atoms with van der Waals surface area (Å²) < 4.78 is 5.73. The van der Waals surface area contributed by atoms with E-state index in [1.54, 1.807) is 0 Å². The highest BCUT2D eigenvalue weighted by Gasteiger charge is 2.34. The zero-order valence-corrected chi connectivity index (χ0v) is 13.1. The fraction of sp³-hybridized carbons (Fsp3) is 0.611. The van der Waals surface area contributed by atoms with E-state index in [-0.39, 0.29) is 18.1 Å². The van der Waals surface area contributed by atoms with Gasteiger partial charge in [0, 0.05) is 19.6 Å². The van der Waals surface area contributed by atoms with E-state index >= 15 is 0 Å². The summed E-state index contributed by atoms with van der Waals surface area (Å²) in [6.07, 6.45) is 4.87. The molecule has 0 spiro atoms. The quantitative estimate of drug-likeness (QED) is 0.925. The number of carbonyl (C=O) groups is 1. The molecule has 0 aromatic heterocycles. The minimum Gasteiger partial charge on any atom is -0.364 e. The molecule has 0 bridgehead atoms. The summed E-state index contributed by atoms with van der Waals surface area (Å²) in [5.74, 6) is 0.863. The second-order valence-corrected chi connectivity index (χ2v) is 6.52. The molecule has 0 unspecified atom stereocenters. The lowest BCUT2D eigenvalue weighted by Gasteiger charge is -2.33. The molecule has 0 saturated carbocycles. The Hall–Kier alpha value is -1.39. The number of likely N-dealkylation sites (tertiary alicyclic amines) is 1. The molecule has 120 valence electrons. The molecule has 3 rings (SSSR count). The van der Waals surface area contributed by atoms with E-state index in [0.29, 0.717) is 12.5 Å². The van der Waals surface area contributed by atoms with E-state index in [1.807, 2.05) is 4.90 Å². The Bertz CT molecular complexity index is 483. The molecule has 2 N–H and O–H groups in total. The van der Waals surface area contributed by atoms with Gasteiger partial charge in [-0.25, -0.2) is 0 Å². The van der Waals surface area contributed by atoms with E-state index < -0.39 is 0 Å². The van der Waals surface area contributed by atoms with Gasteiger partial charge in [-0.15, -0.1) is 0 Å². The van der Waals surface area contributed by atoms with Crippen LogP contribution in [0.15, 0.2) is 30.3 Å². The fourth-order valence-electron chi connectivity index (χ4n) is 3.57.